The highest BCUT2D eigenvalue weighted by atomic mass is 35.5. The first-order chi connectivity index (χ1) is 5.70. The van der Waals surface area contributed by atoms with Gasteiger partial charge in [0.2, 0.25) is 6.79 Å². The smallest absolute Gasteiger partial charge is 0.231 e. The van der Waals surface area contributed by atoms with E-state index in [9.17, 15) is 0 Å². The number of ether oxygens (including phenoxy) is 2. The number of hydrogen-bond donors (Lipinski definition) is 0. The molecule has 12 heavy (non-hydrogen) atoms. The molecule has 1 aliphatic rings. The molecule has 1 heterocycles. The van der Waals surface area contributed by atoms with Crippen LogP contribution in [0, 0.1) is 0 Å². The van der Waals surface area contributed by atoms with Crippen molar-refractivity contribution in [3.8, 4) is 11.5 Å². The van der Waals surface area contributed by atoms with E-state index in [2.05, 4.69) is 0 Å². The minimum absolute atomic E-state index is 0.158. The molecule has 0 N–H and O–H groups in total. The van der Waals surface area contributed by atoms with Crippen molar-refractivity contribution >= 4 is 34.8 Å². The zero-order valence-corrected chi connectivity index (χ0v) is 8.00. The van der Waals surface area contributed by atoms with Gasteiger partial charge in [0.25, 0.3) is 0 Å². The van der Waals surface area contributed by atoms with Crippen molar-refractivity contribution in [2.45, 2.75) is 0 Å². The van der Waals surface area contributed by atoms with Gasteiger partial charge in [0.15, 0.2) is 11.5 Å². The fourth-order valence-electron chi connectivity index (χ4n) is 0.950. The molecule has 64 valence electrons. The third-order valence-electron chi connectivity index (χ3n) is 1.50. The van der Waals surface area contributed by atoms with Gasteiger partial charge in [-0.2, -0.15) is 0 Å². The Balaban J connectivity index is 2.67. The SMILES string of the molecule is Clc1cc2c(c(Cl)c1Cl)OCO2. The van der Waals surface area contributed by atoms with E-state index in [1.54, 1.807) is 6.07 Å². The van der Waals surface area contributed by atoms with E-state index >= 15 is 0 Å². The first-order valence-corrected chi connectivity index (χ1v) is 4.26. The molecule has 0 amide bonds. The topological polar surface area (TPSA) is 18.5 Å². The van der Waals surface area contributed by atoms with Crippen LogP contribution in [0.25, 0.3) is 0 Å². The van der Waals surface area contributed by atoms with Crippen LogP contribution < -0.4 is 9.47 Å². The molecule has 0 aromatic heterocycles. The lowest BCUT2D eigenvalue weighted by Gasteiger charge is -2.02. The molecule has 0 saturated carbocycles. The molecule has 0 aliphatic carbocycles. The Morgan fingerprint density at radius 2 is 1.83 bits per heavy atom. The molecule has 2 nitrogen and oxygen atoms in total. The van der Waals surface area contributed by atoms with Crippen LogP contribution in [0.1, 0.15) is 0 Å². The monoisotopic (exact) mass is 224 g/mol. The summed E-state index contributed by atoms with van der Waals surface area (Å²) in [6, 6.07) is 1.58. The van der Waals surface area contributed by atoms with E-state index < -0.39 is 0 Å². The predicted octanol–water partition coefficient (Wildman–Crippen LogP) is 3.38. The summed E-state index contributed by atoms with van der Waals surface area (Å²) in [4.78, 5) is 0. The zero-order valence-electron chi connectivity index (χ0n) is 5.73. The molecule has 1 aromatic carbocycles. The third kappa shape index (κ3) is 1.11. The Kier molecular flexibility index (Phi) is 1.99. The predicted molar refractivity (Wildman–Crippen MR) is 47.6 cm³/mol. The highest BCUT2D eigenvalue weighted by molar-refractivity contribution is 6.48. The summed E-state index contributed by atoms with van der Waals surface area (Å²) in [5, 5.41) is 0.963. The zero-order chi connectivity index (χ0) is 8.72. The molecule has 0 saturated heterocycles. The van der Waals surface area contributed by atoms with E-state index in [1.165, 1.54) is 0 Å². The Hall–Kier alpha value is -0.310. The molecular weight excluding hydrogens is 222 g/mol. The summed E-state index contributed by atoms with van der Waals surface area (Å²) in [6.07, 6.45) is 0. The second kappa shape index (κ2) is 2.87. The molecule has 0 radical (unpaired) electrons. The Labute approximate surface area is 83.9 Å². The quantitative estimate of drug-likeness (QED) is 0.630. The highest BCUT2D eigenvalue weighted by Gasteiger charge is 2.21. The average Bonchev–Trinajstić information content (AvgIpc) is 2.48. The average molecular weight is 225 g/mol. The molecule has 0 fully saturated rings. The standard InChI is InChI=1S/C7H3Cl3O2/c8-3-1-4-7(12-2-11-4)6(10)5(3)9/h1H,2H2. The first-order valence-electron chi connectivity index (χ1n) is 3.13. The second-order valence-corrected chi connectivity index (χ2v) is 3.38. The van der Waals surface area contributed by atoms with Gasteiger partial charge in [0, 0.05) is 6.07 Å². The van der Waals surface area contributed by atoms with Crippen LogP contribution in [-0.2, 0) is 0 Å². The fourth-order valence-corrected chi connectivity index (χ4v) is 1.58. The fraction of sp³-hybridized carbons (Fsp3) is 0.143. The largest absolute Gasteiger partial charge is 0.453 e. The number of hydrogen-bond acceptors (Lipinski definition) is 2. The van der Waals surface area contributed by atoms with Crippen molar-refractivity contribution in [3.63, 3.8) is 0 Å². The maximum absolute atomic E-state index is 5.82. The van der Waals surface area contributed by atoms with Crippen LogP contribution in [0.15, 0.2) is 6.07 Å². The normalized spacial score (nSPS) is 13.6. The number of halogens is 3. The number of benzene rings is 1. The van der Waals surface area contributed by atoms with Crippen LogP contribution in [0.5, 0.6) is 11.5 Å². The van der Waals surface area contributed by atoms with Crippen molar-refractivity contribution in [3.05, 3.63) is 21.1 Å². The van der Waals surface area contributed by atoms with Gasteiger partial charge in [0.1, 0.15) is 5.02 Å². The first kappa shape index (κ1) is 8.30. The van der Waals surface area contributed by atoms with Crippen molar-refractivity contribution in [1.82, 2.24) is 0 Å². The van der Waals surface area contributed by atoms with Crippen LogP contribution in [-0.4, -0.2) is 6.79 Å². The Morgan fingerprint density at radius 3 is 2.58 bits per heavy atom. The maximum Gasteiger partial charge on any atom is 0.231 e. The molecule has 0 spiro atoms. The highest BCUT2D eigenvalue weighted by Crippen LogP contribution is 2.46. The minimum Gasteiger partial charge on any atom is -0.453 e. The maximum atomic E-state index is 5.82. The molecular formula is C7H3Cl3O2. The number of fused-ring (bicyclic) bond motifs is 1. The lowest BCUT2D eigenvalue weighted by atomic mass is 10.3. The van der Waals surface area contributed by atoms with Gasteiger partial charge < -0.3 is 9.47 Å². The molecule has 1 aromatic rings. The van der Waals surface area contributed by atoms with Gasteiger partial charge in [-0.3, -0.25) is 0 Å². The van der Waals surface area contributed by atoms with Crippen LogP contribution >= 0.6 is 34.8 Å². The lowest BCUT2D eigenvalue weighted by Crippen LogP contribution is -1.93. The Bertz CT molecular complexity index is 338. The van der Waals surface area contributed by atoms with Gasteiger partial charge in [-0.25, -0.2) is 0 Å². The summed E-state index contributed by atoms with van der Waals surface area (Å²) >= 11 is 17.3. The molecule has 0 unspecified atom stereocenters. The summed E-state index contributed by atoms with van der Waals surface area (Å²) < 4.78 is 10.1. The second-order valence-electron chi connectivity index (χ2n) is 2.22. The van der Waals surface area contributed by atoms with Crippen molar-refractivity contribution in [2.75, 3.05) is 6.79 Å². The summed E-state index contributed by atoms with van der Waals surface area (Å²) in [6.45, 7) is 0.158. The molecule has 0 bridgehead atoms. The third-order valence-corrected chi connectivity index (χ3v) is 2.75. The van der Waals surface area contributed by atoms with Crippen LogP contribution in [0.3, 0.4) is 0 Å². The Morgan fingerprint density at radius 1 is 1.08 bits per heavy atom. The van der Waals surface area contributed by atoms with Crippen molar-refractivity contribution in [2.24, 2.45) is 0 Å². The van der Waals surface area contributed by atoms with E-state index in [0.29, 0.717) is 26.6 Å². The van der Waals surface area contributed by atoms with Gasteiger partial charge >= 0.3 is 0 Å². The van der Waals surface area contributed by atoms with E-state index in [0.717, 1.165) is 0 Å². The van der Waals surface area contributed by atoms with Crippen molar-refractivity contribution < 1.29 is 9.47 Å². The van der Waals surface area contributed by atoms with Gasteiger partial charge in [0.05, 0.1) is 10.0 Å². The summed E-state index contributed by atoms with van der Waals surface area (Å²) in [7, 11) is 0. The van der Waals surface area contributed by atoms with Gasteiger partial charge in [-0.1, -0.05) is 34.8 Å². The summed E-state index contributed by atoms with van der Waals surface area (Å²) in [5.74, 6) is 1.00. The van der Waals surface area contributed by atoms with Crippen LogP contribution in [0.4, 0.5) is 0 Å². The van der Waals surface area contributed by atoms with E-state index in [4.69, 9.17) is 44.3 Å². The minimum atomic E-state index is 0.158. The van der Waals surface area contributed by atoms with Crippen LogP contribution in [0.2, 0.25) is 15.1 Å². The van der Waals surface area contributed by atoms with Gasteiger partial charge in [-0.15, -0.1) is 0 Å². The molecule has 1 aliphatic heterocycles. The molecule has 5 heteroatoms. The number of rotatable bonds is 0. The van der Waals surface area contributed by atoms with E-state index in [-0.39, 0.29) is 6.79 Å². The van der Waals surface area contributed by atoms with E-state index in [1.807, 2.05) is 0 Å². The van der Waals surface area contributed by atoms with Gasteiger partial charge in [-0.05, 0) is 0 Å². The summed E-state index contributed by atoms with van der Waals surface area (Å²) in [5.41, 5.74) is 0. The lowest BCUT2D eigenvalue weighted by molar-refractivity contribution is 0.174. The molecule has 0 atom stereocenters. The molecule has 2 rings (SSSR count). The van der Waals surface area contributed by atoms with Crippen molar-refractivity contribution in [1.29, 1.82) is 0 Å².